The van der Waals surface area contributed by atoms with Gasteiger partial charge in [-0.15, -0.1) is 16.8 Å². The minimum absolute atomic E-state index is 0.0525. The molecule has 0 aliphatic carbocycles. The molecule has 2 N–H and O–H groups in total. The van der Waals surface area contributed by atoms with Gasteiger partial charge in [-0.25, -0.2) is 4.72 Å². The Kier molecular flexibility index (Phi) is 7.85. The fourth-order valence-electron chi connectivity index (χ4n) is 1.05. The predicted octanol–water partition coefficient (Wildman–Crippen LogP) is 1.26. The molecule has 0 aliphatic rings. The molecule has 1 heterocycles. The smallest absolute Gasteiger partial charge is 0.293 e. The van der Waals surface area contributed by atoms with Gasteiger partial charge in [-0.05, 0) is 0 Å². The van der Waals surface area contributed by atoms with Crippen LogP contribution in [0.15, 0.2) is 17.0 Å². The summed E-state index contributed by atoms with van der Waals surface area (Å²) < 4.78 is 25.4. The van der Waals surface area contributed by atoms with Gasteiger partial charge in [0.05, 0.1) is 0 Å². The molecular weight excluding hydrogens is 368 g/mol. The normalized spacial score (nSPS) is 11.0. The summed E-state index contributed by atoms with van der Waals surface area (Å²) in [5.41, 5.74) is 0. The number of amides is 2. The molecule has 0 bridgehead atoms. The van der Waals surface area contributed by atoms with Crippen molar-refractivity contribution in [2.75, 3.05) is 16.8 Å². The third-order valence-electron chi connectivity index (χ3n) is 1.85. The lowest BCUT2D eigenvalue weighted by atomic mass is 10.5. The second kappa shape index (κ2) is 9.12. The lowest BCUT2D eigenvalue weighted by Gasteiger charge is -2.03. The molecule has 0 radical (unpaired) electrons. The first-order valence-electron chi connectivity index (χ1n) is 5.87. The van der Waals surface area contributed by atoms with E-state index in [0.29, 0.717) is 17.1 Å². The first kappa shape index (κ1) is 18.9. The van der Waals surface area contributed by atoms with Gasteiger partial charge >= 0.3 is 0 Å². The van der Waals surface area contributed by atoms with Gasteiger partial charge in [-0.3, -0.25) is 9.59 Å². The molecule has 1 rings (SSSR count). The molecule has 0 fully saturated rings. The van der Waals surface area contributed by atoms with Crippen molar-refractivity contribution in [1.29, 1.82) is 0 Å². The number of nitrogens with zero attached hydrogens (tertiary/aromatic N) is 2. The number of anilines is 1. The Morgan fingerprint density at radius 2 is 2.09 bits per heavy atom. The number of carbonyl (C=O) groups is 2. The molecule has 0 saturated heterocycles. The molecule has 12 heteroatoms. The molecule has 0 saturated carbocycles. The summed E-state index contributed by atoms with van der Waals surface area (Å²) in [5, 5.41) is 9.33. The Morgan fingerprint density at radius 3 is 2.73 bits per heavy atom. The summed E-state index contributed by atoms with van der Waals surface area (Å²) in [5.74, 6) is 0.218. The van der Waals surface area contributed by atoms with Gasteiger partial charge in [0, 0.05) is 24.9 Å². The molecule has 0 atom stereocenters. The zero-order valence-electron chi connectivity index (χ0n) is 11.6. The maximum Gasteiger partial charge on any atom is 0.293 e. The predicted molar refractivity (Wildman–Crippen MR) is 89.3 cm³/mol. The number of rotatable bonds is 9. The highest BCUT2D eigenvalue weighted by atomic mass is 33.1. The van der Waals surface area contributed by atoms with E-state index in [9.17, 15) is 18.0 Å². The largest absolute Gasteiger partial charge is 0.301 e. The number of nitrogens with one attached hydrogen (secondary N) is 2. The lowest BCUT2D eigenvalue weighted by molar-refractivity contribution is -0.119. The van der Waals surface area contributed by atoms with Gasteiger partial charge in [0.25, 0.3) is 14.4 Å². The highest BCUT2D eigenvalue weighted by molar-refractivity contribution is 8.76. The summed E-state index contributed by atoms with van der Waals surface area (Å²) >= 11 is 0.668. The number of sulfonamides is 1. The molecule has 1 aromatic rings. The van der Waals surface area contributed by atoms with Crippen LogP contribution in [0, 0.1) is 0 Å². The average Bonchev–Trinajstić information content (AvgIpc) is 2.86. The van der Waals surface area contributed by atoms with Crippen LogP contribution in [0.3, 0.4) is 0 Å². The maximum absolute atomic E-state index is 11.9. The Labute approximate surface area is 140 Å². The van der Waals surface area contributed by atoms with E-state index in [1.54, 1.807) is 6.08 Å². The van der Waals surface area contributed by atoms with Crippen molar-refractivity contribution < 1.29 is 18.0 Å². The summed E-state index contributed by atoms with van der Waals surface area (Å²) in [7, 11) is -1.08. The standard InChI is InChI=1S/C10H14N4O4S4/c1-3-5-19-20-6-4-8(16)14-22(17,18)10-13-12-9(21-10)11-7(2)15/h3H,1,4-6H2,2H3,(H,14,16)(H,11,12,15). The summed E-state index contributed by atoms with van der Waals surface area (Å²) in [6.45, 7) is 4.83. The fraction of sp³-hybridized carbons (Fsp3) is 0.400. The van der Waals surface area contributed by atoms with Gasteiger partial charge < -0.3 is 5.32 Å². The second-order valence-corrected chi connectivity index (χ2v) is 9.19. The molecule has 122 valence electrons. The van der Waals surface area contributed by atoms with Crippen molar-refractivity contribution in [2.45, 2.75) is 17.7 Å². The van der Waals surface area contributed by atoms with Gasteiger partial charge in [0.15, 0.2) is 0 Å². The Morgan fingerprint density at radius 1 is 1.36 bits per heavy atom. The average molecular weight is 383 g/mol. The van der Waals surface area contributed by atoms with Crippen LogP contribution in [0.5, 0.6) is 0 Å². The van der Waals surface area contributed by atoms with Crippen LogP contribution in [0.4, 0.5) is 5.13 Å². The SMILES string of the molecule is C=CCSSCCC(=O)NS(=O)(=O)c1nnc(NC(C)=O)s1. The second-order valence-electron chi connectivity index (χ2n) is 3.73. The molecule has 0 unspecified atom stereocenters. The first-order chi connectivity index (χ1) is 10.3. The number of hydrogen-bond donors (Lipinski definition) is 2. The van der Waals surface area contributed by atoms with E-state index in [4.69, 9.17) is 0 Å². The topological polar surface area (TPSA) is 118 Å². The molecule has 1 aromatic heterocycles. The Hall–Kier alpha value is -1.11. The highest BCUT2D eigenvalue weighted by Gasteiger charge is 2.22. The molecule has 0 spiro atoms. The van der Waals surface area contributed by atoms with E-state index in [2.05, 4.69) is 22.1 Å². The minimum atomic E-state index is -4.06. The lowest BCUT2D eigenvalue weighted by Crippen LogP contribution is -2.30. The maximum atomic E-state index is 11.9. The third-order valence-corrected chi connectivity index (χ3v) is 6.75. The fourth-order valence-corrected chi connectivity index (χ4v) is 4.77. The van der Waals surface area contributed by atoms with Crippen LogP contribution in [0.2, 0.25) is 0 Å². The van der Waals surface area contributed by atoms with Crippen molar-refractivity contribution in [2.24, 2.45) is 0 Å². The van der Waals surface area contributed by atoms with E-state index < -0.39 is 21.8 Å². The van der Waals surface area contributed by atoms with Crippen molar-refractivity contribution >= 4 is 59.9 Å². The van der Waals surface area contributed by atoms with Crippen molar-refractivity contribution in [3.8, 4) is 0 Å². The number of aromatic nitrogens is 2. The van der Waals surface area contributed by atoms with Crippen molar-refractivity contribution in [1.82, 2.24) is 14.9 Å². The van der Waals surface area contributed by atoms with E-state index >= 15 is 0 Å². The van der Waals surface area contributed by atoms with Crippen LogP contribution in [-0.4, -0.2) is 41.9 Å². The van der Waals surface area contributed by atoms with E-state index in [1.165, 1.54) is 28.5 Å². The number of carbonyl (C=O) groups excluding carboxylic acids is 2. The molecule has 2 amide bonds. The monoisotopic (exact) mass is 382 g/mol. The highest BCUT2D eigenvalue weighted by Crippen LogP contribution is 2.22. The molecule has 22 heavy (non-hydrogen) atoms. The molecule has 0 aliphatic heterocycles. The van der Waals surface area contributed by atoms with Gasteiger partial charge in [0.2, 0.25) is 16.9 Å². The summed E-state index contributed by atoms with van der Waals surface area (Å²) in [6.07, 6.45) is 1.80. The minimum Gasteiger partial charge on any atom is -0.301 e. The van der Waals surface area contributed by atoms with E-state index in [0.717, 1.165) is 5.75 Å². The summed E-state index contributed by atoms with van der Waals surface area (Å²) in [4.78, 5) is 22.4. The van der Waals surface area contributed by atoms with Crippen molar-refractivity contribution in [3.05, 3.63) is 12.7 Å². The molecular formula is C10H14N4O4S4. The first-order valence-corrected chi connectivity index (χ1v) is 10.7. The van der Waals surface area contributed by atoms with Gasteiger partial charge in [-0.1, -0.05) is 39.0 Å². The molecule has 8 nitrogen and oxygen atoms in total. The van der Waals surface area contributed by atoms with E-state index in [-0.39, 0.29) is 15.9 Å². The summed E-state index contributed by atoms with van der Waals surface area (Å²) in [6, 6.07) is 0. The third kappa shape index (κ3) is 6.77. The molecule has 0 aromatic carbocycles. The van der Waals surface area contributed by atoms with Crippen LogP contribution in [0.25, 0.3) is 0 Å². The van der Waals surface area contributed by atoms with Crippen LogP contribution in [0.1, 0.15) is 13.3 Å². The van der Waals surface area contributed by atoms with Gasteiger partial charge in [-0.2, -0.15) is 8.42 Å². The van der Waals surface area contributed by atoms with Crippen LogP contribution >= 0.6 is 32.9 Å². The van der Waals surface area contributed by atoms with Crippen molar-refractivity contribution in [3.63, 3.8) is 0 Å². The zero-order chi connectivity index (χ0) is 16.6. The van der Waals surface area contributed by atoms with Crippen LogP contribution < -0.4 is 10.0 Å². The zero-order valence-corrected chi connectivity index (χ0v) is 14.8. The van der Waals surface area contributed by atoms with Crippen LogP contribution in [-0.2, 0) is 19.6 Å². The van der Waals surface area contributed by atoms with E-state index in [1.807, 2.05) is 4.72 Å². The van der Waals surface area contributed by atoms with Gasteiger partial charge in [0.1, 0.15) is 0 Å². The Balaban J connectivity index is 2.52. The quantitative estimate of drug-likeness (QED) is 0.284. The Bertz CT molecular complexity index is 643. The number of hydrogen-bond acceptors (Lipinski definition) is 9.